The number of nitrogens with zero attached hydrogens (tertiary/aromatic N) is 1. The molecule has 18 atom stereocenters. The molecule has 0 aromatic heterocycles. The van der Waals surface area contributed by atoms with E-state index in [4.69, 9.17) is 23.7 Å². The molecule has 4 unspecified atom stereocenters. The van der Waals surface area contributed by atoms with E-state index >= 15 is 0 Å². The highest BCUT2D eigenvalue weighted by Crippen LogP contribution is 2.38. The number of hydrogen-bond donors (Lipinski definition) is 5. The van der Waals surface area contributed by atoms with E-state index in [1.807, 2.05) is 46.7 Å². The second-order valence-corrected chi connectivity index (χ2v) is 15.7. The lowest BCUT2D eigenvalue weighted by molar-refractivity contribution is -0.298. The van der Waals surface area contributed by atoms with E-state index in [1.54, 1.807) is 27.7 Å². The highest BCUT2D eigenvalue weighted by molar-refractivity contribution is 5.83. The van der Waals surface area contributed by atoms with Gasteiger partial charge in [0, 0.05) is 30.2 Å². The van der Waals surface area contributed by atoms with Gasteiger partial charge in [-0.25, -0.2) is 0 Å². The van der Waals surface area contributed by atoms with Crippen LogP contribution in [0.1, 0.15) is 94.4 Å². The van der Waals surface area contributed by atoms with Gasteiger partial charge in [-0.05, 0) is 67.0 Å². The molecule has 0 saturated carbocycles. The predicted molar refractivity (Wildman–Crippen MR) is 180 cm³/mol. The van der Waals surface area contributed by atoms with Gasteiger partial charge in [0.1, 0.15) is 29.7 Å². The van der Waals surface area contributed by atoms with Crippen LogP contribution in [-0.2, 0) is 33.3 Å². The fourth-order valence-electron chi connectivity index (χ4n) is 7.98. The molecule has 0 radical (unpaired) electrons. The summed E-state index contributed by atoms with van der Waals surface area (Å²) < 4.78 is 31.3. The van der Waals surface area contributed by atoms with E-state index in [9.17, 15) is 35.1 Å². The lowest BCUT2D eigenvalue weighted by Gasteiger charge is -2.46. The van der Waals surface area contributed by atoms with E-state index in [-0.39, 0.29) is 36.7 Å². The number of Topliss-reactive ketones (excluding diaryl/α,β-unsaturated/α-hetero) is 1. The Bertz CT molecular complexity index is 1060. The first-order chi connectivity index (χ1) is 22.7. The molecule has 3 aliphatic heterocycles. The molecule has 0 spiro atoms. The van der Waals surface area contributed by atoms with Crippen molar-refractivity contribution >= 4 is 11.8 Å². The van der Waals surface area contributed by atoms with Crippen LogP contribution in [0.3, 0.4) is 0 Å². The molecule has 3 rings (SSSR count). The van der Waals surface area contributed by atoms with Crippen molar-refractivity contribution < 1.29 is 58.8 Å². The maximum absolute atomic E-state index is 14.0. The van der Waals surface area contributed by atoms with Crippen molar-refractivity contribution in [3.05, 3.63) is 0 Å². The molecular weight excluding hydrogens is 638 g/mol. The molecule has 3 saturated heterocycles. The maximum atomic E-state index is 14.0. The second-order valence-electron chi connectivity index (χ2n) is 15.7. The van der Waals surface area contributed by atoms with E-state index in [2.05, 4.69) is 0 Å². The Kier molecular flexibility index (Phi) is 15.1. The van der Waals surface area contributed by atoms with Crippen molar-refractivity contribution in [2.45, 2.75) is 174 Å². The Labute approximate surface area is 292 Å². The first-order valence-electron chi connectivity index (χ1n) is 18.2. The minimum atomic E-state index is -1.93. The number of hydrogen-bond acceptors (Lipinski definition) is 13. The molecule has 5 N–H and O–H groups in total. The predicted octanol–water partition coefficient (Wildman–Crippen LogP) is 2.02. The van der Waals surface area contributed by atoms with Crippen LogP contribution < -0.4 is 0 Å². The van der Waals surface area contributed by atoms with Crippen LogP contribution >= 0.6 is 0 Å². The number of cyclic esters (lactones) is 1. The number of esters is 1. The minimum absolute atomic E-state index is 0.0488. The average molecular weight is 704 g/mol. The molecule has 49 heavy (non-hydrogen) atoms. The van der Waals surface area contributed by atoms with Crippen LogP contribution in [0.25, 0.3) is 0 Å². The third kappa shape index (κ3) is 9.79. The van der Waals surface area contributed by atoms with E-state index in [0.29, 0.717) is 19.3 Å². The van der Waals surface area contributed by atoms with Crippen molar-refractivity contribution in [3.63, 3.8) is 0 Å². The van der Waals surface area contributed by atoms with Crippen molar-refractivity contribution in [2.24, 2.45) is 29.6 Å². The van der Waals surface area contributed by atoms with E-state index in [0.717, 1.165) is 0 Å². The third-order valence-corrected chi connectivity index (χ3v) is 11.2. The first kappa shape index (κ1) is 42.2. The minimum Gasteiger partial charge on any atom is -0.459 e. The van der Waals surface area contributed by atoms with Crippen LogP contribution in [0, 0.1) is 29.6 Å². The highest BCUT2D eigenvalue weighted by Gasteiger charge is 2.50. The van der Waals surface area contributed by atoms with Crippen molar-refractivity contribution in [2.75, 3.05) is 14.1 Å². The molecule has 3 fully saturated rings. The molecule has 0 aromatic rings. The maximum Gasteiger partial charge on any atom is 0.311 e. The van der Waals surface area contributed by atoms with Crippen molar-refractivity contribution in [1.29, 1.82) is 0 Å². The fraction of sp³-hybridized carbons (Fsp3) is 0.944. The molecule has 3 aliphatic rings. The third-order valence-electron chi connectivity index (χ3n) is 11.2. The monoisotopic (exact) mass is 703 g/mol. The molecule has 0 aliphatic carbocycles. The smallest absolute Gasteiger partial charge is 0.311 e. The Hall–Kier alpha value is -1.26. The van der Waals surface area contributed by atoms with Crippen LogP contribution in [-0.4, -0.2) is 135 Å². The molecule has 0 bridgehead atoms. The number of aliphatic hydroxyl groups excluding tert-OH is 4. The van der Waals surface area contributed by atoms with E-state index < -0.39 is 96.7 Å². The van der Waals surface area contributed by atoms with Gasteiger partial charge in [0.25, 0.3) is 0 Å². The van der Waals surface area contributed by atoms with E-state index in [1.165, 1.54) is 6.92 Å². The largest absolute Gasteiger partial charge is 0.459 e. The summed E-state index contributed by atoms with van der Waals surface area (Å²) in [6, 6.07) is -0.241. The molecule has 286 valence electrons. The van der Waals surface area contributed by atoms with Gasteiger partial charge in [0.15, 0.2) is 12.6 Å². The zero-order chi connectivity index (χ0) is 37.1. The van der Waals surface area contributed by atoms with Crippen LogP contribution in [0.2, 0.25) is 0 Å². The van der Waals surface area contributed by atoms with Gasteiger partial charge in [0.2, 0.25) is 0 Å². The number of aliphatic hydroxyl groups is 5. The summed E-state index contributed by atoms with van der Waals surface area (Å²) in [5.41, 5.74) is -1.93. The van der Waals surface area contributed by atoms with Crippen molar-refractivity contribution in [3.8, 4) is 0 Å². The van der Waals surface area contributed by atoms with Crippen molar-refractivity contribution in [1.82, 2.24) is 4.90 Å². The van der Waals surface area contributed by atoms with Crippen LogP contribution in [0.4, 0.5) is 0 Å². The lowest BCUT2D eigenvalue weighted by Crippen LogP contribution is -2.58. The molecule has 13 nitrogen and oxygen atoms in total. The average Bonchev–Trinajstić information content (AvgIpc) is 3.03. The van der Waals surface area contributed by atoms with Gasteiger partial charge in [-0.3, -0.25) is 9.59 Å². The van der Waals surface area contributed by atoms with Gasteiger partial charge < -0.3 is 54.1 Å². The Morgan fingerprint density at radius 3 is 2.06 bits per heavy atom. The summed E-state index contributed by atoms with van der Waals surface area (Å²) in [6.45, 7) is 15.6. The summed E-state index contributed by atoms with van der Waals surface area (Å²) in [5.74, 6) is -4.37. The quantitative estimate of drug-likeness (QED) is 0.243. The summed E-state index contributed by atoms with van der Waals surface area (Å²) in [4.78, 5) is 29.7. The SMILES string of the molecule is CCC[C@H]1OC(=O)[C@H](C)[C@@H](O[C@H]2CC(O)[C@@H](O)C(C)O2)[C@H](C)[C@@H](O[C@@H]2O[C@@H](C)CC(N(C)C)C2O)[C@@H](C)C[C@@H](C)C(=O)[C@H](C)[C@@H](O)[C@]1(C)O. The number of carbonyl (C=O) groups excluding carboxylic acids is 2. The van der Waals surface area contributed by atoms with Gasteiger partial charge in [0.05, 0.1) is 42.5 Å². The normalized spacial score (nSPS) is 48.2. The molecule has 13 heteroatoms. The number of rotatable bonds is 7. The first-order valence-corrected chi connectivity index (χ1v) is 18.2. The highest BCUT2D eigenvalue weighted by atomic mass is 16.7. The number of carbonyl (C=O) groups is 2. The molecular formula is C36H65NO12. The van der Waals surface area contributed by atoms with Crippen LogP contribution in [0.15, 0.2) is 0 Å². The van der Waals surface area contributed by atoms with Gasteiger partial charge in [-0.1, -0.05) is 41.0 Å². The standard InChI is InChI=1S/C36H65NO12/c1-12-13-26-36(9,44)33(42)20(5)28(39)17(2)14-18(3)31(49-35-30(41)24(37(10)11)15-19(4)45-35)21(6)32(22(7)34(43)47-26)48-27-16-25(38)29(40)23(8)46-27/h17-27,29-33,35,38,40-42,44H,12-16H2,1-11H3/t17-,18+,19+,20+,21-,22-,23?,24?,25?,26-,27+,29+,30?,31+,32+,33-,35+,36-/m1/s1. The van der Waals surface area contributed by atoms with Gasteiger partial charge in [-0.15, -0.1) is 0 Å². The van der Waals surface area contributed by atoms with Gasteiger partial charge >= 0.3 is 5.97 Å². The summed E-state index contributed by atoms with van der Waals surface area (Å²) >= 11 is 0. The van der Waals surface area contributed by atoms with Crippen LogP contribution in [0.5, 0.6) is 0 Å². The Morgan fingerprint density at radius 1 is 0.857 bits per heavy atom. The summed E-state index contributed by atoms with van der Waals surface area (Å²) in [7, 11) is 3.77. The Balaban J connectivity index is 2.11. The van der Waals surface area contributed by atoms with Gasteiger partial charge in [-0.2, -0.15) is 0 Å². The number of ether oxygens (including phenoxy) is 5. The summed E-state index contributed by atoms with van der Waals surface area (Å²) in [5, 5.41) is 55.3. The number of ketones is 1. The number of likely N-dealkylation sites (N-methyl/N-ethyl adjacent to an activating group) is 1. The zero-order valence-corrected chi connectivity index (χ0v) is 31.4. The Morgan fingerprint density at radius 2 is 1.49 bits per heavy atom. The fourth-order valence-corrected chi connectivity index (χ4v) is 7.98. The lowest BCUT2D eigenvalue weighted by atomic mass is 9.75. The topological polar surface area (TPSA) is 185 Å². The molecule has 0 amide bonds. The molecule has 3 heterocycles. The zero-order valence-electron chi connectivity index (χ0n) is 31.4. The summed E-state index contributed by atoms with van der Waals surface area (Å²) in [6.07, 6.45) is -8.88. The second kappa shape index (κ2) is 17.5. The molecule has 0 aromatic carbocycles.